The van der Waals surface area contributed by atoms with Crippen LogP contribution in [0.5, 0.6) is 0 Å². The van der Waals surface area contributed by atoms with Crippen LogP contribution in [0.3, 0.4) is 0 Å². The van der Waals surface area contributed by atoms with Crippen LogP contribution in [0.2, 0.25) is 0 Å². The van der Waals surface area contributed by atoms with Crippen LogP contribution in [-0.2, 0) is 19.1 Å². The molecule has 0 aliphatic heterocycles. The molecular weight excluding hydrogens is 516 g/mol. The topological polar surface area (TPSA) is 173 Å². The monoisotopic (exact) mass is 538 g/mol. The van der Waals surface area contributed by atoms with Crippen LogP contribution in [0, 0.1) is 20.2 Å². The molecule has 14 heteroatoms. The highest BCUT2D eigenvalue weighted by Crippen LogP contribution is 2.40. The zero-order valence-corrected chi connectivity index (χ0v) is 20.7. The molecule has 2 aromatic carbocycles. The van der Waals surface area contributed by atoms with E-state index in [1.807, 2.05) is 0 Å². The molecule has 0 aliphatic rings. The molecule has 0 bridgehead atoms. The van der Waals surface area contributed by atoms with Crippen LogP contribution in [0.25, 0.3) is 0 Å². The van der Waals surface area contributed by atoms with E-state index in [2.05, 4.69) is 0 Å². The maximum absolute atomic E-state index is 12.3. The molecule has 0 unspecified atom stereocenters. The predicted octanol–water partition coefficient (Wildman–Crippen LogP) is 4.82. The smallest absolute Gasteiger partial charge is 0.345 e. The highest BCUT2D eigenvalue weighted by Gasteiger charge is 2.24. The van der Waals surface area contributed by atoms with Crippen molar-refractivity contribution in [2.24, 2.45) is 0 Å². The van der Waals surface area contributed by atoms with Gasteiger partial charge in [-0.15, -0.1) is 0 Å². The highest BCUT2D eigenvalue weighted by molar-refractivity contribution is 8.76. The van der Waals surface area contributed by atoms with Gasteiger partial charge >= 0.3 is 11.9 Å². The summed E-state index contributed by atoms with van der Waals surface area (Å²) in [7, 11) is 2.15. The summed E-state index contributed by atoms with van der Waals surface area (Å²) in [5.41, 5.74) is -1.54. The lowest BCUT2D eigenvalue weighted by Crippen LogP contribution is -2.11. The van der Waals surface area contributed by atoms with Gasteiger partial charge in [-0.25, -0.2) is 9.59 Å². The molecule has 36 heavy (non-hydrogen) atoms. The van der Waals surface area contributed by atoms with Crippen molar-refractivity contribution in [3.8, 4) is 0 Å². The molecule has 12 nitrogen and oxygen atoms in total. The normalized spacial score (nSPS) is 10.4. The standard InChI is InChI=1S/C22H20N2O10S2.H2/c1-13(25)7-9-33-21(27)17-11-15(3-5-19(17)23(29)30)35-36-16-4-6-20(24(31)32)18(12-16)22(28)34-10-8-14(2)26;/h3-6,11-12H,7-10H2,1-2H3;1H. The van der Waals surface area contributed by atoms with E-state index in [-0.39, 0.29) is 50.2 Å². The molecule has 0 saturated heterocycles. The Morgan fingerprint density at radius 1 is 0.750 bits per heavy atom. The van der Waals surface area contributed by atoms with Gasteiger partial charge in [-0.05, 0) is 38.1 Å². The molecule has 2 aromatic rings. The largest absolute Gasteiger partial charge is 0.461 e. The molecule has 0 aliphatic carbocycles. The summed E-state index contributed by atoms with van der Waals surface area (Å²) >= 11 is 0. The molecule has 0 amide bonds. The van der Waals surface area contributed by atoms with E-state index in [1.54, 1.807) is 0 Å². The summed E-state index contributed by atoms with van der Waals surface area (Å²) in [6.07, 6.45) is -0.0486. The van der Waals surface area contributed by atoms with Crippen LogP contribution in [0.1, 0.15) is 48.8 Å². The Balaban J connectivity index is 0.00000684. The first-order valence-electron chi connectivity index (χ1n) is 10.2. The van der Waals surface area contributed by atoms with Crippen LogP contribution in [0.15, 0.2) is 46.2 Å². The Labute approximate surface area is 213 Å². The van der Waals surface area contributed by atoms with Crippen molar-refractivity contribution in [3.63, 3.8) is 0 Å². The lowest BCUT2D eigenvalue weighted by atomic mass is 10.2. The van der Waals surface area contributed by atoms with E-state index >= 15 is 0 Å². The van der Waals surface area contributed by atoms with Crippen molar-refractivity contribution in [2.75, 3.05) is 13.2 Å². The highest BCUT2D eigenvalue weighted by atomic mass is 33.1. The molecule has 0 fully saturated rings. The number of hydrogen-bond donors (Lipinski definition) is 0. The third-order valence-corrected chi connectivity index (χ3v) is 6.76. The molecule has 0 atom stereocenters. The van der Waals surface area contributed by atoms with Gasteiger partial charge in [0.05, 0.1) is 23.1 Å². The first kappa shape index (κ1) is 28.5. The fraction of sp³-hybridized carbons (Fsp3) is 0.273. The Hall–Kier alpha value is -3.78. The minimum Gasteiger partial charge on any atom is -0.461 e. The van der Waals surface area contributed by atoms with Crippen LogP contribution in [-0.4, -0.2) is 46.6 Å². The minimum absolute atomic E-state index is 0. The Morgan fingerprint density at radius 2 is 1.11 bits per heavy atom. The number of Topliss-reactive ketones (excluding diaryl/α,β-unsaturated/α-hetero) is 2. The number of carbonyl (C=O) groups is 4. The maximum atomic E-state index is 12.3. The molecule has 0 saturated carbocycles. The van der Waals surface area contributed by atoms with Crippen LogP contribution < -0.4 is 0 Å². The summed E-state index contributed by atoms with van der Waals surface area (Å²) in [5, 5.41) is 22.6. The van der Waals surface area contributed by atoms with Crippen LogP contribution >= 0.6 is 21.6 Å². The van der Waals surface area contributed by atoms with Gasteiger partial charge in [-0.2, -0.15) is 0 Å². The lowest BCUT2D eigenvalue weighted by Gasteiger charge is -2.08. The number of ether oxygens (including phenoxy) is 2. The summed E-state index contributed by atoms with van der Waals surface area (Å²) in [6, 6.07) is 7.60. The summed E-state index contributed by atoms with van der Waals surface area (Å²) < 4.78 is 9.91. The summed E-state index contributed by atoms with van der Waals surface area (Å²) in [5.74, 6) is -2.32. The Morgan fingerprint density at radius 3 is 1.42 bits per heavy atom. The number of nitro groups is 2. The third-order valence-electron chi connectivity index (χ3n) is 4.38. The number of rotatable bonds is 13. The number of nitro benzene ring substituents is 2. The van der Waals surface area contributed by atoms with E-state index in [1.165, 1.54) is 38.1 Å². The summed E-state index contributed by atoms with van der Waals surface area (Å²) in [4.78, 5) is 68.7. The molecular formula is C22H22N2O10S2. The fourth-order valence-corrected chi connectivity index (χ4v) is 4.58. The Bertz CT molecular complexity index is 1130. The second-order valence-electron chi connectivity index (χ2n) is 7.21. The Kier molecular flexibility index (Phi) is 10.5. The van der Waals surface area contributed by atoms with E-state index in [0.717, 1.165) is 33.7 Å². The van der Waals surface area contributed by atoms with Crippen LogP contribution in [0.4, 0.5) is 11.4 Å². The third kappa shape index (κ3) is 8.46. The van der Waals surface area contributed by atoms with Gasteiger partial charge in [0.15, 0.2) is 0 Å². The molecule has 2 rings (SSSR count). The van der Waals surface area contributed by atoms with Gasteiger partial charge in [-0.1, -0.05) is 21.6 Å². The second kappa shape index (κ2) is 13.3. The number of hydrogen-bond acceptors (Lipinski definition) is 12. The van der Waals surface area contributed by atoms with E-state index < -0.39 is 33.2 Å². The maximum Gasteiger partial charge on any atom is 0.345 e. The van der Waals surface area contributed by atoms with Crippen molar-refractivity contribution in [2.45, 2.75) is 36.5 Å². The van der Waals surface area contributed by atoms with E-state index in [0.29, 0.717) is 9.79 Å². The molecule has 192 valence electrons. The van der Waals surface area contributed by atoms with E-state index in [9.17, 15) is 39.4 Å². The molecule has 0 aromatic heterocycles. The van der Waals surface area contributed by atoms with Gasteiger partial charge in [0.1, 0.15) is 22.7 Å². The fourth-order valence-electron chi connectivity index (χ4n) is 2.61. The van der Waals surface area contributed by atoms with Crippen molar-refractivity contribution in [1.29, 1.82) is 0 Å². The number of nitrogens with zero attached hydrogens (tertiary/aromatic N) is 2. The van der Waals surface area contributed by atoms with Gasteiger partial charge in [0, 0.05) is 36.2 Å². The first-order valence-corrected chi connectivity index (χ1v) is 12.4. The zero-order chi connectivity index (χ0) is 26.8. The number of benzene rings is 2. The lowest BCUT2D eigenvalue weighted by molar-refractivity contribution is -0.385. The van der Waals surface area contributed by atoms with Gasteiger partial charge in [0.25, 0.3) is 11.4 Å². The zero-order valence-electron chi connectivity index (χ0n) is 19.1. The van der Waals surface area contributed by atoms with Crippen molar-refractivity contribution >= 4 is 56.5 Å². The second-order valence-corrected chi connectivity index (χ2v) is 9.49. The number of esters is 2. The molecule has 0 N–H and O–H groups in total. The van der Waals surface area contributed by atoms with Crippen molar-refractivity contribution < 1.29 is 39.9 Å². The molecule has 0 heterocycles. The first-order chi connectivity index (χ1) is 17.0. The van der Waals surface area contributed by atoms with Gasteiger partial charge in [0.2, 0.25) is 0 Å². The SMILES string of the molecule is CC(=O)CCOC(=O)c1cc(SSc2ccc([N+](=O)[O-])c(C(=O)OCCC(C)=O)c2)ccc1[N+](=O)[O-].[HH]. The van der Waals surface area contributed by atoms with Gasteiger partial charge in [-0.3, -0.25) is 29.8 Å². The van der Waals surface area contributed by atoms with E-state index in [4.69, 9.17) is 9.47 Å². The van der Waals surface area contributed by atoms with Crippen molar-refractivity contribution in [1.82, 2.24) is 0 Å². The molecule has 0 radical (unpaired) electrons. The van der Waals surface area contributed by atoms with Crippen molar-refractivity contribution in [3.05, 3.63) is 67.8 Å². The predicted molar refractivity (Wildman–Crippen MR) is 131 cm³/mol. The average Bonchev–Trinajstić information content (AvgIpc) is 2.81. The number of carbonyl (C=O) groups excluding carboxylic acids is 4. The molecule has 0 spiro atoms. The average molecular weight is 539 g/mol. The summed E-state index contributed by atoms with van der Waals surface area (Å²) in [6.45, 7) is 2.21. The quantitative estimate of drug-likeness (QED) is 0.147. The minimum atomic E-state index is -0.957. The number of ketones is 2. The van der Waals surface area contributed by atoms with Gasteiger partial charge < -0.3 is 9.47 Å².